The fourth-order valence-corrected chi connectivity index (χ4v) is 2.41. The molecular formula is C15H23F3N2O. The number of nitrogens with zero attached hydrogens (tertiary/aromatic N) is 1. The van der Waals surface area contributed by atoms with E-state index in [0.29, 0.717) is 6.61 Å². The Bertz CT molecular complexity index is 455. The molecule has 3 nitrogen and oxygen atoms in total. The first-order valence-electron chi connectivity index (χ1n) is 6.92. The number of ether oxygens (including phenoxy) is 1. The van der Waals surface area contributed by atoms with Crippen molar-refractivity contribution in [1.29, 1.82) is 0 Å². The van der Waals surface area contributed by atoms with Crippen LogP contribution in [0.15, 0.2) is 18.5 Å². The van der Waals surface area contributed by atoms with Crippen molar-refractivity contribution in [3.05, 3.63) is 29.6 Å². The Balaban J connectivity index is 3.33. The molecule has 1 aromatic rings. The fourth-order valence-electron chi connectivity index (χ4n) is 2.41. The second kappa shape index (κ2) is 6.75. The zero-order chi connectivity index (χ0) is 16.3. The third-order valence-electron chi connectivity index (χ3n) is 3.31. The number of pyridine rings is 1. The lowest BCUT2D eigenvalue weighted by Crippen LogP contribution is -2.41. The highest BCUT2D eigenvalue weighted by Crippen LogP contribution is 2.39. The molecule has 1 aromatic heterocycles. The Morgan fingerprint density at radius 3 is 2.33 bits per heavy atom. The minimum atomic E-state index is -4.41. The molecule has 0 spiro atoms. The second-order valence-electron chi connectivity index (χ2n) is 5.97. The minimum absolute atomic E-state index is 0.112. The van der Waals surface area contributed by atoms with E-state index < -0.39 is 23.9 Å². The summed E-state index contributed by atoms with van der Waals surface area (Å²) in [5.74, 6) is 0. The quantitative estimate of drug-likeness (QED) is 0.898. The van der Waals surface area contributed by atoms with Crippen LogP contribution < -0.4 is 5.32 Å². The third-order valence-corrected chi connectivity index (χ3v) is 3.31. The first kappa shape index (κ1) is 17.9. The minimum Gasteiger partial charge on any atom is -0.376 e. The Morgan fingerprint density at radius 1 is 1.29 bits per heavy atom. The molecule has 0 aliphatic carbocycles. The van der Waals surface area contributed by atoms with E-state index in [1.54, 1.807) is 7.05 Å². The standard InChI is InChI=1S/C15H23F3N2O/c1-6-21-13(14(2,3)4)12(19-5)10-9-20-8-7-11(10)15(16,17)18/h7-9,12-13,19H,6H2,1-5H3. The molecule has 2 unspecified atom stereocenters. The normalized spacial score (nSPS) is 15.8. The maximum absolute atomic E-state index is 13.2. The molecule has 6 heteroatoms. The first-order chi connectivity index (χ1) is 9.62. The monoisotopic (exact) mass is 304 g/mol. The fraction of sp³-hybridized carbons (Fsp3) is 0.667. The summed E-state index contributed by atoms with van der Waals surface area (Å²) in [6.07, 6.45) is -2.40. The van der Waals surface area contributed by atoms with Gasteiger partial charge in [-0.05, 0) is 25.5 Å². The molecule has 1 heterocycles. The lowest BCUT2D eigenvalue weighted by molar-refractivity contribution is -0.139. The average molecular weight is 304 g/mol. The van der Waals surface area contributed by atoms with Crippen LogP contribution in [0, 0.1) is 5.41 Å². The van der Waals surface area contributed by atoms with Crippen molar-refractivity contribution >= 4 is 0 Å². The van der Waals surface area contributed by atoms with Crippen LogP contribution in [0.2, 0.25) is 0 Å². The molecule has 0 bridgehead atoms. The molecule has 120 valence electrons. The van der Waals surface area contributed by atoms with E-state index in [1.807, 2.05) is 27.7 Å². The largest absolute Gasteiger partial charge is 0.416 e. The van der Waals surface area contributed by atoms with Gasteiger partial charge < -0.3 is 10.1 Å². The number of alkyl halides is 3. The summed E-state index contributed by atoms with van der Waals surface area (Å²) in [4.78, 5) is 3.86. The molecule has 0 amide bonds. The Morgan fingerprint density at radius 2 is 1.90 bits per heavy atom. The van der Waals surface area contributed by atoms with Gasteiger partial charge in [0.1, 0.15) is 0 Å². The van der Waals surface area contributed by atoms with Gasteiger partial charge in [0.25, 0.3) is 0 Å². The highest BCUT2D eigenvalue weighted by atomic mass is 19.4. The topological polar surface area (TPSA) is 34.1 Å². The molecule has 21 heavy (non-hydrogen) atoms. The Kier molecular flexibility index (Phi) is 5.75. The van der Waals surface area contributed by atoms with Crippen molar-refractivity contribution in [2.75, 3.05) is 13.7 Å². The van der Waals surface area contributed by atoms with Crippen molar-refractivity contribution in [3.63, 3.8) is 0 Å². The summed E-state index contributed by atoms with van der Waals surface area (Å²) in [6.45, 7) is 8.10. The molecule has 2 atom stereocenters. The van der Waals surface area contributed by atoms with Gasteiger partial charge in [-0.15, -0.1) is 0 Å². The van der Waals surface area contributed by atoms with Crippen molar-refractivity contribution in [3.8, 4) is 0 Å². The molecular weight excluding hydrogens is 281 g/mol. The van der Waals surface area contributed by atoms with Crippen molar-refractivity contribution in [2.45, 2.75) is 46.0 Å². The molecule has 0 saturated carbocycles. The molecule has 0 aliphatic heterocycles. The molecule has 1 rings (SSSR count). The van der Waals surface area contributed by atoms with Crippen molar-refractivity contribution < 1.29 is 17.9 Å². The number of rotatable bonds is 5. The molecule has 0 fully saturated rings. The van der Waals surface area contributed by atoms with Crippen LogP contribution in [0.3, 0.4) is 0 Å². The Labute approximate surface area is 123 Å². The van der Waals surface area contributed by atoms with Crippen LogP contribution in [0.4, 0.5) is 13.2 Å². The van der Waals surface area contributed by atoms with Crippen LogP contribution in [0.1, 0.15) is 44.9 Å². The van der Waals surface area contributed by atoms with Crippen molar-refractivity contribution in [2.24, 2.45) is 5.41 Å². The van der Waals surface area contributed by atoms with Crippen LogP contribution in [0.25, 0.3) is 0 Å². The van der Waals surface area contributed by atoms with E-state index >= 15 is 0 Å². The van der Waals surface area contributed by atoms with Crippen LogP contribution >= 0.6 is 0 Å². The number of hydrogen-bond acceptors (Lipinski definition) is 3. The SMILES string of the molecule is CCOC(C(NC)c1cnccc1C(F)(F)F)C(C)(C)C. The number of likely N-dealkylation sites (N-methyl/N-ethyl adjacent to an activating group) is 1. The Hall–Kier alpha value is -1.14. The van der Waals surface area contributed by atoms with E-state index in [0.717, 1.165) is 12.3 Å². The van der Waals surface area contributed by atoms with Gasteiger partial charge >= 0.3 is 6.18 Å². The molecule has 0 radical (unpaired) electrons. The third kappa shape index (κ3) is 4.41. The van der Waals surface area contributed by atoms with Gasteiger partial charge in [0.05, 0.1) is 17.7 Å². The van der Waals surface area contributed by atoms with Gasteiger partial charge in [0.2, 0.25) is 0 Å². The van der Waals surface area contributed by atoms with E-state index in [-0.39, 0.29) is 11.0 Å². The summed E-state index contributed by atoms with van der Waals surface area (Å²) in [5.41, 5.74) is -0.880. The number of hydrogen-bond donors (Lipinski definition) is 1. The maximum Gasteiger partial charge on any atom is 0.416 e. The van der Waals surface area contributed by atoms with E-state index in [2.05, 4.69) is 10.3 Å². The second-order valence-corrected chi connectivity index (χ2v) is 5.97. The van der Waals surface area contributed by atoms with Gasteiger partial charge in [0, 0.05) is 24.6 Å². The molecule has 0 aromatic carbocycles. The van der Waals surface area contributed by atoms with Gasteiger partial charge in [-0.3, -0.25) is 4.98 Å². The smallest absolute Gasteiger partial charge is 0.376 e. The number of nitrogens with one attached hydrogen (secondary N) is 1. The number of aromatic nitrogens is 1. The van der Waals surface area contributed by atoms with Gasteiger partial charge in [-0.25, -0.2) is 0 Å². The average Bonchev–Trinajstić information content (AvgIpc) is 2.37. The molecule has 1 N–H and O–H groups in total. The summed E-state index contributed by atoms with van der Waals surface area (Å²) in [7, 11) is 1.63. The van der Waals surface area contributed by atoms with Crippen molar-refractivity contribution in [1.82, 2.24) is 10.3 Å². The van der Waals surface area contributed by atoms with E-state index in [1.165, 1.54) is 6.20 Å². The van der Waals surface area contributed by atoms with Crippen LogP contribution in [-0.4, -0.2) is 24.7 Å². The van der Waals surface area contributed by atoms with E-state index in [9.17, 15) is 13.2 Å². The molecule has 0 saturated heterocycles. The lowest BCUT2D eigenvalue weighted by atomic mass is 9.81. The highest BCUT2D eigenvalue weighted by Gasteiger charge is 2.40. The summed E-state index contributed by atoms with van der Waals surface area (Å²) < 4.78 is 45.3. The summed E-state index contributed by atoms with van der Waals surface area (Å²) in [6, 6.07) is 0.418. The summed E-state index contributed by atoms with van der Waals surface area (Å²) >= 11 is 0. The maximum atomic E-state index is 13.2. The number of halogens is 3. The predicted octanol–water partition coefficient (Wildman–Crippen LogP) is 3.81. The van der Waals surface area contributed by atoms with Gasteiger partial charge in [0.15, 0.2) is 0 Å². The van der Waals surface area contributed by atoms with E-state index in [4.69, 9.17) is 4.74 Å². The zero-order valence-corrected chi connectivity index (χ0v) is 13.1. The zero-order valence-electron chi connectivity index (χ0n) is 13.1. The predicted molar refractivity (Wildman–Crippen MR) is 75.9 cm³/mol. The summed E-state index contributed by atoms with van der Waals surface area (Å²) in [5, 5.41) is 2.96. The van der Waals surface area contributed by atoms with Gasteiger partial charge in [-0.2, -0.15) is 13.2 Å². The van der Waals surface area contributed by atoms with Gasteiger partial charge in [-0.1, -0.05) is 20.8 Å². The first-order valence-corrected chi connectivity index (χ1v) is 6.92. The highest BCUT2D eigenvalue weighted by molar-refractivity contribution is 5.30. The van der Waals surface area contributed by atoms with Crippen LogP contribution in [0.5, 0.6) is 0 Å². The van der Waals surface area contributed by atoms with Crippen LogP contribution in [-0.2, 0) is 10.9 Å². The lowest BCUT2D eigenvalue weighted by Gasteiger charge is -2.37. The molecule has 0 aliphatic rings.